The number of aromatic hydroxyl groups is 1. The Bertz CT molecular complexity index is 435. The average Bonchev–Trinajstić information content (AvgIpc) is 2.41. The Kier molecular flexibility index (Phi) is 6.84. The molecule has 1 N–H and O–H groups in total. The molecule has 0 aromatic heterocycles. The molecule has 1 aromatic carbocycles. The van der Waals surface area contributed by atoms with Gasteiger partial charge in [0.15, 0.2) is 5.75 Å². The van der Waals surface area contributed by atoms with Crippen LogP contribution in [0.4, 0.5) is 11.4 Å². The zero-order valence-corrected chi connectivity index (χ0v) is 12.3. The number of rotatable bonds is 9. The number of nitro groups is 1. The van der Waals surface area contributed by atoms with Gasteiger partial charge in [-0.1, -0.05) is 39.0 Å². The molecular formula is C15H24N2O3. The Labute approximate surface area is 120 Å². The Morgan fingerprint density at radius 2 is 1.85 bits per heavy atom. The number of phenols is 1. The maximum atomic E-state index is 10.6. The molecular weight excluding hydrogens is 256 g/mol. The van der Waals surface area contributed by atoms with Gasteiger partial charge in [-0.2, -0.15) is 0 Å². The molecule has 0 spiro atoms. The Balaban J connectivity index is 2.41. The molecule has 5 nitrogen and oxygen atoms in total. The van der Waals surface area contributed by atoms with Gasteiger partial charge in [-0.25, -0.2) is 0 Å². The molecule has 1 rings (SSSR count). The van der Waals surface area contributed by atoms with Gasteiger partial charge < -0.3 is 10.0 Å². The number of phenolic OH excluding ortho intramolecular Hbond substituents is 1. The van der Waals surface area contributed by atoms with Gasteiger partial charge in [0, 0.05) is 31.4 Å². The fourth-order valence-electron chi connectivity index (χ4n) is 2.16. The summed E-state index contributed by atoms with van der Waals surface area (Å²) in [4.78, 5) is 12.1. The minimum absolute atomic E-state index is 0.248. The molecule has 112 valence electrons. The van der Waals surface area contributed by atoms with E-state index in [9.17, 15) is 15.2 Å². The van der Waals surface area contributed by atoms with Crippen molar-refractivity contribution in [2.24, 2.45) is 0 Å². The minimum Gasteiger partial charge on any atom is -0.502 e. The minimum atomic E-state index is -0.577. The first kappa shape index (κ1) is 16.3. The number of nitrogens with zero attached hydrogens (tertiary/aromatic N) is 2. The largest absolute Gasteiger partial charge is 0.502 e. The predicted octanol–water partition coefficient (Wildman–Crippen LogP) is 4.10. The van der Waals surface area contributed by atoms with Crippen LogP contribution in [0.3, 0.4) is 0 Å². The summed E-state index contributed by atoms with van der Waals surface area (Å²) in [5.74, 6) is -0.276. The SMILES string of the molecule is CCCCCCCCN(C)c1ccc([N+](=O)[O-])c(O)c1. The molecule has 0 saturated carbocycles. The highest BCUT2D eigenvalue weighted by Crippen LogP contribution is 2.29. The number of benzene rings is 1. The lowest BCUT2D eigenvalue weighted by Gasteiger charge is -2.19. The summed E-state index contributed by atoms with van der Waals surface area (Å²) < 4.78 is 0. The van der Waals surface area contributed by atoms with Crippen LogP contribution in [0, 0.1) is 10.1 Å². The smallest absolute Gasteiger partial charge is 0.310 e. The van der Waals surface area contributed by atoms with E-state index >= 15 is 0 Å². The number of hydrogen-bond acceptors (Lipinski definition) is 4. The molecule has 0 saturated heterocycles. The van der Waals surface area contributed by atoms with E-state index in [1.54, 1.807) is 6.07 Å². The van der Waals surface area contributed by atoms with Crippen molar-refractivity contribution in [2.45, 2.75) is 45.4 Å². The molecule has 1 aromatic rings. The summed E-state index contributed by atoms with van der Waals surface area (Å²) in [5.41, 5.74) is 0.559. The van der Waals surface area contributed by atoms with Crippen molar-refractivity contribution in [3.8, 4) is 5.75 Å². The highest BCUT2D eigenvalue weighted by atomic mass is 16.6. The van der Waals surface area contributed by atoms with Crippen molar-refractivity contribution >= 4 is 11.4 Å². The number of hydrogen-bond donors (Lipinski definition) is 1. The van der Waals surface area contributed by atoms with E-state index in [1.165, 1.54) is 44.2 Å². The fourth-order valence-corrected chi connectivity index (χ4v) is 2.16. The molecule has 0 bridgehead atoms. The van der Waals surface area contributed by atoms with Gasteiger partial charge >= 0.3 is 5.69 Å². The van der Waals surface area contributed by atoms with E-state index in [2.05, 4.69) is 6.92 Å². The lowest BCUT2D eigenvalue weighted by atomic mass is 10.1. The molecule has 0 atom stereocenters. The van der Waals surface area contributed by atoms with Gasteiger partial charge in [-0.3, -0.25) is 10.1 Å². The van der Waals surface area contributed by atoms with Gasteiger partial charge in [0.05, 0.1) is 4.92 Å². The van der Waals surface area contributed by atoms with E-state index < -0.39 is 4.92 Å². The van der Waals surface area contributed by atoms with Crippen LogP contribution in [0.25, 0.3) is 0 Å². The van der Waals surface area contributed by atoms with Crippen LogP contribution in [0.1, 0.15) is 45.4 Å². The van der Waals surface area contributed by atoms with Crippen LogP contribution >= 0.6 is 0 Å². The summed E-state index contributed by atoms with van der Waals surface area (Å²) in [5, 5.41) is 20.2. The van der Waals surface area contributed by atoms with Gasteiger partial charge in [-0.15, -0.1) is 0 Å². The molecule has 5 heteroatoms. The summed E-state index contributed by atoms with van der Waals surface area (Å²) in [6, 6.07) is 4.48. The average molecular weight is 280 g/mol. The van der Waals surface area contributed by atoms with E-state index in [1.807, 2.05) is 11.9 Å². The summed E-state index contributed by atoms with van der Waals surface area (Å²) >= 11 is 0. The summed E-state index contributed by atoms with van der Waals surface area (Å²) in [6.07, 6.45) is 7.39. The molecule has 0 aliphatic heterocycles. The third kappa shape index (κ3) is 5.07. The van der Waals surface area contributed by atoms with Gasteiger partial charge in [0.25, 0.3) is 0 Å². The van der Waals surface area contributed by atoms with Crippen LogP contribution in [-0.4, -0.2) is 23.6 Å². The maximum absolute atomic E-state index is 10.6. The Morgan fingerprint density at radius 1 is 1.20 bits per heavy atom. The molecule has 0 amide bonds. The first-order valence-corrected chi connectivity index (χ1v) is 7.24. The second-order valence-corrected chi connectivity index (χ2v) is 5.12. The molecule has 0 aliphatic carbocycles. The normalized spacial score (nSPS) is 10.5. The van der Waals surface area contributed by atoms with Crippen LogP contribution < -0.4 is 4.90 Å². The van der Waals surface area contributed by atoms with Crippen molar-refractivity contribution in [1.29, 1.82) is 0 Å². The summed E-state index contributed by atoms with van der Waals surface area (Å²) in [6.45, 7) is 3.10. The lowest BCUT2D eigenvalue weighted by molar-refractivity contribution is -0.385. The van der Waals surface area contributed by atoms with Crippen LogP contribution in [0.5, 0.6) is 5.75 Å². The summed E-state index contributed by atoms with van der Waals surface area (Å²) in [7, 11) is 1.94. The second-order valence-electron chi connectivity index (χ2n) is 5.12. The Morgan fingerprint density at radius 3 is 2.45 bits per heavy atom. The molecule has 0 heterocycles. The van der Waals surface area contributed by atoms with Crippen molar-refractivity contribution in [3.63, 3.8) is 0 Å². The number of nitro benzene ring substituents is 1. The zero-order valence-electron chi connectivity index (χ0n) is 12.3. The van der Waals surface area contributed by atoms with E-state index in [-0.39, 0.29) is 11.4 Å². The topological polar surface area (TPSA) is 66.6 Å². The first-order valence-electron chi connectivity index (χ1n) is 7.24. The molecule has 0 aliphatic rings. The molecule has 20 heavy (non-hydrogen) atoms. The highest BCUT2D eigenvalue weighted by molar-refractivity contribution is 5.58. The number of unbranched alkanes of at least 4 members (excludes halogenated alkanes) is 5. The van der Waals surface area contributed by atoms with Crippen molar-refractivity contribution in [1.82, 2.24) is 0 Å². The maximum Gasteiger partial charge on any atom is 0.310 e. The quantitative estimate of drug-likeness (QED) is 0.420. The third-order valence-electron chi connectivity index (χ3n) is 3.44. The lowest BCUT2D eigenvalue weighted by Crippen LogP contribution is -2.18. The highest BCUT2D eigenvalue weighted by Gasteiger charge is 2.14. The van der Waals surface area contributed by atoms with Crippen LogP contribution in [-0.2, 0) is 0 Å². The van der Waals surface area contributed by atoms with Crippen molar-refractivity contribution in [3.05, 3.63) is 28.3 Å². The zero-order chi connectivity index (χ0) is 15.0. The van der Waals surface area contributed by atoms with Crippen LogP contribution in [0.15, 0.2) is 18.2 Å². The van der Waals surface area contributed by atoms with Crippen molar-refractivity contribution in [2.75, 3.05) is 18.5 Å². The standard InChI is InChI=1S/C15H24N2O3/c1-3-4-5-6-7-8-11-16(2)13-9-10-14(17(19)20)15(18)12-13/h9-10,12,18H,3-8,11H2,1-2H3. The van der Waals surface area contributed by atoms with E-state index in [0.29, 0.717) is 0 Å². The molecule has 0 fully saturated rings. The third-order valence-corrected chi connectivity index (χ3v) is 3.44. The van der Waals surface area contributed by atoms with Gasteiger partial charge in [0.1, 0.15) is 0 Å². The van der Waals surface area contributed by atoms with Gasteiger partial charge in [-0.05, 0) is 12.5 Å². The second kappa shape index (κ2) is 8.40. The monoisotopic (exact) mass is 280 g/mol. The van der Waals surface area contributed by atoms with Crippen molar-refractivity contribution < 1.29 is 10.0 Å². The molecule has 0 radical (unpaired) electrons. The Hall–Kier alpha value is -1.78. The van der Waals surface area contributed by atoms with E-state index in [4.69, 9.17) is 0 Å². The predicted molar refractivity (Wildman–Crippen MR) is 81.4 cm³/mol. The molecule has 0 unspecified atom stereocenters. The van der Waals surface area contributed by atoms with Gasteiger partial charge in [0.2, 0.25) is 0 Å². The van der Waals surface area contributed by atoms with Crippen LogP contribution in [0.2, 0.25) is 0 Å². The van der Waals surface area contributed by atoms with E-state index in [0.717, 1.165) is 18.7 Å². The fraction of sp³-hybridized carbons (Fsp3) is 0.600. The first-order chi connectivity index (χ1) is 9.56. The number of anilines is 1.